The number of hydrogen-bond acceptors (Lipinski definition) is 5. The van der Waals surface area contributed by atoms with Crippen molar-refractivity contribution in [1.29, 1.82) is 0 Å². The van der Waals surface area contributed by atoms with Crippen LogP contribution in [0.3, 0.4) is 0 Å². The summed E-state index contributed by atoms with van der Waals surface area (Å²) in [6.45, 7) is 0. The lowest BCUT2D eigenvalue weighted by atomic mass is 10.0. The van der Waals surface area contributed by atoms with Crippen molar-refractivity contribution in [1.82, 2.24) is 0 Å². The van der Waals surface area contributed by atoms with Gasteiger partial charge in [0, 0.05) is 22.3 Å². The molecule has 4 aromatic rings. The Morgan fingerprint density at radius 2 is 1.53 bits per heavy atom. The summed E-state index contributed by atoms with van der Waals surface area (Å²) in [5.74, 6) is 0.448. The van der Waals surface area contributed by atoms with E-state index >= 15 is 0 Å². The van der Waals surface area contributed by atoms with Crippen LogP contribution in [0.5, 0.6) is 11.5 Å². The maximum Gasteiger partial charge on any atom is 0.262 e. The van der Waals surface area contributed by atoms with Crippen molar-refractivity contribution in [3.8, 4) is 11.5 Å². The van der Waals surface area contributed by atoms with Crippen LogP contribution in [0.2, 0.25) is 5.02 Å². The highest BCUT2D eigenvalue weighted by atomic mass is 35.5. The molecule has 0 spiro atoms. The molecule has 0 aliphatic rings. The minimum absolute atomic E-state index is 0.00950. The second-order valence-electron chi connectivity index (χ2n) is 8.10. The highest BCUT2D eigenvalue weighted by Crippen LogP contribution is 2.31. The maximum atomic E-state index is 13.3. The fourth-order valence-electron chi connectivity index (χ4n) is 3.66. The van der Waals surface area contributed by atoms with Gasteiger partial charge < -0.3 is 14.8 Å². The first kappa shape index (κ1) is 26.8. The van der Waals surface area contributed by atoms with E-state index in [-0.39, 0.29) is 16.5 Å². The molecule has 0 bridgehead atoms. The quantitative estimate of drug-likeness (QED) is 0.188. The molecular weight excluding hydrogens is 524 g/mol. The summed E-state index contributed by atoms with van der Waals surface area (Å²) in [4.78, 5) is 13.3. The van der Waals surface area contributed by atoms with Crippen LogP contribution in [0.15, 0.2) is 102 Å². The lowest BCUT2D eigenvalue weighted by molar-refractivity contribution is -0.111. The van der Waals surface area contributed by atoms with E-state index in [1.54, 1.807) is 24.3 Å². The lowest BCUT2D eigenvalue weighted by Gasteiger charge is -2.14. The van der Waals surface area contributed by atoms with Crippen molar-refractivity contribution in [3.63, 3.8) is 0 Å². The fourth-order valence-corrected chi connectivity index (χ4v) is 4.91. The first-order valence-corrected chi connectivity index (χ1v) is 13.3. The van der Waals surface area contributed by atoms with Gasteiger partial charge in [0.1, 0.15) is 11.5 Å². The molecule has 0 radical (unpaired) electrons. The van der Waals surface area contributed by atoms with Gasteiger partial charge in [-0.25, -0.2) is 8.42 Å². The van der Waals surface area contributed by atoms with Crippen molar-refractivity contribution in [2.45, 2.75) is 4.90 Å². The first-order valence-electron chi connectivity index (χ1n) is 11.5. The van der Waals surface area contributed by atoms with Crippen LogP contribution in [0.1, 0.15) is 11.1 Å². The number of methoxy groups -OCH3 is 2. The van der Waals surface area contributed by atoms with Gasteiger partial charge in [0.2, 0.25) is 0 Å². The summed E-state index contributed by atoms with van der Waals surface area (Å²) in [7, 11) is -1.01. The Morgan fingerprint density at radius 3 is 2.18 bits per heavy atom. The third-order valence-corrected chi connectivity index (χ3v) is 7.33. The largest absolute Gasteiger partial charge is 0.497 e. The van der Waals surface area contributed by atoms with Crippen molar-refractivity contribution >= 4 is 50.6 Å². The molecular formula is C29H25ClN2O5S. The van der Waals surface area contributed by atoms with Crippen molar-refractivity contribution in [2.75, 3.05) is 24.3 Å². The van der Waals surface area contributed by atoms with E-state index in [1.807, 2.05) is 48.5 Å². The van der Waals surface area contributed by atoms with Crippen LogP contribution in [0, 0.1) is 0 Å². The summed E-state index contributed by atoms with van der Waals surface area (Å²) in [5.41, 5.74) is 2.47. The number of rotatable bonds is 9. The topological polar surface area (TPSA) is 93.7 Å². The normalized spacial score (nSPS) is 11.5. The predicted octanol–water partition coefficient (Wildman–Crippen LogP) is 6.34. The van der Waals surface area contributed by atoms with E-state index in [0.717, 1.165) is 0 Å². The monoisotopic (exact) mass is 548 g/mol. The number of halogens is 1. The van der Waals surface area contributed by atoms with Crippen LogP contribution in [-0.4, -0.2) is 28.5 Å². The summed E-state index contributed by atoms with van der Waals surface area (Å²) >= 11 is 6.32. The number of nitrogens with one attached hydrogen (secondary N) is 2. The molecule has 0 saturated heterocycles. The average Bonchev–Trinajstić information content (AvgIpc) is 2.93. The van der Waals surface area contributed by atoms with Gasteiger partial charge in [0.15, 0.2) is 0 Å². The zero-order chi connectivity index (χ0) is 27.1. The molecule has 0 fully saturated rings. The van der Waals surface area contributed by atoms with Gasteiger partial charge in [-0.05, 0) is 59.7 Å². The average molecular weight is 549 g/mol. The number of carbonyl (C=O) groups is 1. The SMILES string of the molecule is COc1ccc(OC)c(NS(=O)(=O)c2ccc(NC(=O)/C(=C/c3ccccc3Cl)c3ccccc3)cc2)c1. The molecule has 2 N–H and O–H groups in total. The Hall–Kier alpha value is -4.27. The van der Waals surface area contributed by atoms with Gasteiger partial charge in [-0.3, -0.25) is 9.52 Å². The minimum Gasteiger partial charge on any atom is -0.497 e. The van der Waals surface area contributed by atoms with Gasteiger partial charge in [0.25, 0.3) is 15.9 Å². The van der Waals surface area contributed by atoms with Crippen LogP contribution in [0.4, 0.5) is 11.4 Å². The van der Waals surface area contributed by atoms with Crippen LogP contribution in [0.25, 0.3) is 11.6 Å². The predicted molar refractivity (Wildman–Crippen MR) is 151 cm³/mol. The van der Waals surface area contributed by atoms with Crippen molar-refractivity contribution < 1.29 is 22.7 Å². The second-order valence-corrected chi connectivity index (χ2v) is 10.2. The molecule has 0 saturated carbocycles. The first-order chi connectivity index (χ1) is 18.3. The molecule has 9 heteroatoms. The van der Waals surface area contributed by atoms with Gasteiger partial charge in [-0.2, -0.15) is 0 Å². The van der Waals surface area contributed by atoms with Gasteiger partial charge in [0.05, 0.1) is 24.8 Å². The number of hydrogen-bond donors (Lipinski definition) is 2. The Bertz CT molecular complexity index is 1570. The second kappa shape index (κ2) is 11.9. The van der Waals surface area contributed by atoms with E-state index in [1.165, 1.54) is 44.6 Å². The Labute approximate surface area is 226 Å². The molecule has 0 unspecified atom stereocenters. The minimum atomic E-state index is -3.95. The molecule has 4 aromatic carbocycles. The van der Waals surface area contributed by atoms with Crippen LogP contribution < -0.4 is 19.5 Å². The van der Waals surface area contributed by atoms with Crippen LogP contribution in [-0.2, 0) is 14.8 Å². The summed E-state index contributed by atoms with van der Waals surface area (Å²) in [6.07, 6.45) is 1.72. The molecule has 0 aliphatic heterocycles. The Balaban J connectivity index is 1.57. The summed E-state index contributed by atoms with van der Waals surface area (Å²) < 4.78 is 39.0. The van der Waals surface area contributed by atoms with E-state index in [0.29, 0.717) is 38.9 Å². The molecule has 0 aliphatic carbocycles. The highest BCUT2D eigenvalue weighted by molar-refractivity contribution is 7.92. The van der Waals surface area contributed by atoms with Gasteiger partial charge in [-0.1, -0.05) is 60.1 Å². The number of sulfonamides is 1. The smallest absolute Gasteiger partial charge is 0.262 e. The highest BCUT2D eigenvalue weighted by Gasteiger charge is 2.18. The number of anilines is 2. The zero-order valence-electron chi connectivity index (χ0n) is 20.6. The molecule has 0 atom stereocenters. The Morgan fingerprint density at radius 1 is 0.842 bits per heavy atom. The zero-order valence-corrected chi connectivity index (χ0v) is 22.2. The number of carbonyl (C=O) groups excluding carboxylic acids is 1. The third kappa shape index (κ3) is 6.34. The molecule has 7 nitrogen and oxygen atoms in total. The van der Waals surface area contributed by atoms with E-state index in [9.17, 15) is 13.2 Å². The molecule has 38 heavy (non-hydrogen) atoms. The molecule has 1 amide bonds. The van der Waals surface area contributed by atoms with Gasteiger partial charge in [-0.15, -0.1) is 0 Å². The lowest BCUT2D eigenvalue weighted by Crippen LogP contribution is -2.15. The molecule has 0 heterocycles. The number of ether oxygens (including phenoxy) is 2. The van der Waals surface area contributed by atoms with E-state index in [2.05, 4.69) is 10.0 Å². The standard InChI is InChI=1S/C29H25ClN2O5S/c1-36-23-14-17-28(37-2)27(19-23)32-38(34,35)24-15-12-22(13-16-24)31-29(33)25(20-8-4-3-5-9-20)18-21-10-6-7-11-26(21)30/h3-19,32H,1-2H3,(H,31,33)/b25-18+. The Kier molecular flexibility index (Phi) is 8.35. The summed E-state index contributed by atoms with van der Waals surface area (Å²) in [6, 6.07) is 27.1. The third-order valence-electron chi connectivity index (χ3n) is 5.61. The van der Waals surface area contributed by atoms with Crippen molar-refractivity contribution in [2.24, 2.45) is 0 Å². The van der Waals surface area contributed by atoms with E-state index < -0.39 is 10.0 Å². The summed E-state index contributed by atoms with van der Waals surface area (Å²) in [5, 5.41) is 3.36. The fraction of sp³-hybridized carbons (Fsp3) is 0.0690. The maximum absolute atomic E-state index is 13.3. The van der Waals surface area contributed by atoms with Crippen molar-refractivity contribution in [3.05, 3.63) is 113 Å². The van der Waals surface area contributed by atoms with Crippen LogP contribution >= 0.6 is 11.6 Å². The molecule has 0 aromatic heterocycles. The van der Waals surface area contributed by atoms with Gasteiger partial charge >= 0.3 is 0 Å². The molecule has 194 valence electrons. The number of amides is 1. The number of benzene rings is 4. The molecule has 4 rings (SSSR count). The van der Waals surface area contributed by atoms with E-state index in [4.69, 9.17) is 21.1 Å².